The molecule has 0 fully saturated rings. The Balaban J connectivity index is 2.27. The van der Waals surface area contributed by atoms with E-state index >= 15 is 0 Å². The molecule has 0 radical (unpaired) electrons. The van der Waals surface area contributed by atoms with Crippen molar-refractivity contribution in [1.82, 2.24) is 0 Å². The number of nitrogens with zero attached hydrogens (tertiary/aromatic N) is 1. The van der Waals surface area contributed by atoms with Crippen LogP contribution in [0.5, 0.6) is 11.5 Å². The Bertz CT molecular complexity index is 928. The van der Waals surface area contributed by atoms with E-state index in [-0.39, 0.29) is 6.10 Å². The standard InChI is InChI=1S/C20H26N2O5S/c1-14(2)27-19-11-6-8-16(12-19)21-20(23)15(3)22(28(5,24)25)17-9-7-10-18(13-17)26-4/h6-15H,1-5H3,(H,21,23). The van der Waals surface area contributed by atoms with Gasteiger partial charge in [-0.2, -0.15) is 0 Å². The fourth-order valence-corrected chi connectivity index (χ4v) is 3.89. The highest BCUT2D eigenvalue weighted by molar-refractivity contribution is 7.92. The average molecular weight is 407 g/mol. The van der Waals surface area contributed by atoms with Crippen molar-refractivity contribution in [3.8, 4) is 11.5 Å². The summed E-state index contributed by atoms with van der Waals surface area (Å²) in [7, 11) is -2.22. The Morgan fingerprint density at radius 2 is 1.68 bits per heavy atom. The molecule has 0 saturated heterocycles. The second-order valence-electron chi connectivity index (χ2n) is 6.62. The van der Waals surface area contributed by atoms with Crippen molar-refractivity contribution in [2.24, 2.45) is 0 Å². The number of sulfonamides is 1. The van der Waals surface area contributed by atoms with E-state index in [1.165, 1.54) is 14.0 Å². The van der Waals surface area contributed by atoms with Gasteiger partial charge in [-0.3, -0.25) is 9.10 Å². The molecule has 1 atom stereocenters. The lowest BCUT2D eigenvalue weighted by atomic mass is 10.2. The highest BCUT2D eigenvalue weighted by Gasteiger charge is 2.29. The molecular formula is C20H26N2O5S. The highest BCUT2D eigenvalue weighted by atomic mass is 32.2. The molecule has 0 aliphatic heterocycles. The Morgan fingerprint density at radius 3 is 2.29 bits per heavy atom. The maximum absolute atomic E-state index is 12.8. The monoisotopic (exact) mass is 406 g/mol. The summed E-state index contributed by atoms with van der Waals surface area (Å²) >= 11 is 0. The second kappa shape index (κ2) is 8.97. The van der Waals surface area contributed by atoms with Gasteiger partial charge < -0.3 is 14.8 Å². The largest absolute Gasteiger partial charge is 0.497 e. The SMILES string of the molecule is COc1cccc(N(C(C)C(=O)Nc2cccc(OC(C)C)c2)S(C)(=O)=O)c1. The lowest BCUT2D eigenvalue weighted by Gasteiger charge is -2.28. The molecule has 0 bridgehead atoms. The van der Waals surface area contributed by atoms with Crippen molar-refractivity contribution >= 4 is 27.3 Å². The van der Waals surface area contributed by atoms with Gasteiger partial charge in [0, 0.05) is 17.8 Å². The van der Waals surface area contributed by atoms with Gasteiger partial charge in [-0.05, 0) is 45.0 Å². The zero-order chi connectivity index (χ0) is 20.9. The molecule has 8 heteroatoms. The van der Waals surface area contributed by atoms with E-state index in [2.05, 4.69) is 5.32 Å². The zero-order valence-corrected chi connectivity index (χ0v) is 17.5. The molecule has 152 valence electrons. The first-order valence-corrected chi connectivity index (χ1v) is 10.7. The van der Waals surface area contributed by atoms with Crippen molar-refractivity contribution in [3.05, 3.63) is 48.5 Å². The molecule has 0 spiro atoms. The van der Waals surface area contributed by atoms with Crippen LogP contribution >= 0.6 is 0 Å². The molecule has 0 aromatic heterocycles. The van der Waals surface area contributed by atoms with E-state index in [1.54, 1.807) is 48.5 Å². The van der Waals surface area contributed by atoms with E-state index in [0.29, 0.717) is 22.9 Å². The average Bonchev–Trinajstić information content (AvgIpc) is 2.60. The fourth-order valence-electron chi connectivity index (χ4n) is 2.72. The number of carbonyl (C=O) groups excluding carboxylic acids is 1. The van der Waals surface area contributed by atoms with Gasteiger partial charge >= 0.3 is 0 Å². The number of hydrogen-bond donors (Lipinski definition) is 1. The minimum Gasteiger partial charge on any atom is -0.497 e. The number of methoxy groups -OCH3 is 1. The lowest BCUT2D eigenvalue weighted by Crippen LogP contribution is -2.45. The number of ether oxygens (including phenoxy) is 2. The third-order valence-electron chi connectivity index (χ3n) is 3.87. The number of nitrogens with one attached hydrogen (secondary N) is 1. The molecule has 2 aromatic rings. The van der Waals surface area contributed by atoms with Crippen LogP contribution in [0.25, 0.3) is 0 Å². The number of amides is 1. The summed E-state index contributed by atoms with van der Waals surface area (Å²) in [5, 5.41) is 2.75. The first-order valence-electron chi connectivity index (χ1n) is 8.83. The minimum atomic E-state index is -3.71. The molecule has 1 unspecified atom stereocenters. The smallest absolute Gasteiger partial charge is 0.247 e. The summed E-state index contributed by atoms with van der Waals surface area (Å²) < 4.78 is 36.6. The van der Waals surface area contributed by atoms with E-state index in [0.717, 1.165) is 10.6 Å². The molecule has 2 rings (SSSR count). The molecule has 1 N–H and O–H groups in total. The molecule has 7 nitrogen and oxygen atoms in total. The van der Waals surface area contributed by atoms with Gasteiger partial charge in [0.25, 0.3) is 0 Å². The van der Waals surface area contributed by atoms with Crippen molar-refractivity contribution in [2.75, 3.05) is 23.0 Å². The summed E-state index contributed by atoms with van der Waals surface area (Å²) in [5.74, 6) is 0.653. The van der Waals surface area contributed by atoms with Crippen LogP contribution in [0.3, 0.4) is 0 Å². The number of anilines is 2. The summed E-state index contributed by atoms with van der Waals surface area (Å²) in [6.45, 7) is 5.35. The van der Waals surface area contributed by atoms with Crippen LogP contribution in [0.15, 0.2) is 48.5 Å². The van der Waals surface area contributed by atoms with Crippen LogP contribution in [0, 0.1) is 0 Å². The van der Waals surface area contributed by atoms with E-state index in [4.69, 9.17) is 9.47 Å². The summed E-state index contributed by atoms with van der Waals surface area (Å²) in [4.78, 5) is 12.8. The van der Waals surface area contributed by atoms with Gasteiger partial charge in [0.05, 0.1) is 25.2 Å². The van der Waals surface area contributed by atoms with Crippen LogP contribution in [-0.2, 0) is 14.8 Å². The summed E-state index contributed by atoms with van der Waals surface area (Å²) in [6.07, 6.45) is 1.06. The molecule has 0 heterocycles. The van der Waals surface area contributed by atoms with Gasteiger partial charge in [-0.25, -0.2) is 8.42 Å². The Hall–Kier alpha value is -2.74. The Kier molecular flexibility index (Phi) is 6.90. The molecule has 0 aliphatic rings. The van der Waals surface area contributed by atoms with Crippen molar-refractivity contribution in [1.29, 1.82) is 0 Å². The first-order chi connectivity index (χ1) is 13.1. The molecule has 2 aromatic carbocycles. The number of benzene rings is 2. The third kappa shape index (κ3) is 5.63. The normalized spacial score (nSPS) is 12.4. The summed E-state index contributed by atoms with van der Waals surface area (Å²) in [6, 6.07) is 12.5. The topological polar surface area (TPSA) is 84.9 Å². The molecule has 0 aliphatic carbocycles. The van der Waals surface area contributed by atoms with Crippen molar-refractivity contribution in [3.63, 3.8) is 0 Å². The van der Waals surface area contributed by atoms with Gasteiger partial charge in [0.1, 0.15) is 17.5 Å². The lowest BCUT2D eigenvalue weighted by molar-refractivity contribution is -0.116. The van der Waals surface area contributed by atoms with E-state index in [1.807, 2.05) is 13.8 Å². The number of rotatable bonds is 8. The van der Waals surface area contributed by atoms with E-state index in [9.17, 15) is 13.2 Å². The minimum absolute atomic E-state index is 0.00124. The van der Waals surface area contributed by atoms with Gasteiger partial charge in [-0.1, -0.05) is 12.1 Å². The maximum atomic E-state index is 12.8. The van der Waals surface area contributed by atoms with E-state index < -0.39 is 22.0 Å². The predicted molar refractivity (Wildman–Crippen MR) is 111 cm³/mol. The molecule has 28 heavy (non-hydrogen) atoms. The molecule has 0 saturated carbocycles. The van der Waals surface area contributed by atoms with Crippen molar-refractivity contribution < 1.29 is 22.7 Å². The van der Waals surface area contributed by atoms with Crippen LogP contribution in [0.1, 0.15) is 20.8 Å². The van der Waals surface area contributed by atoms with Gasteiger partial charge in [-0.15, -0.1) is 0 Å². The molecular weight excluding hydrogens is 380 g/mol. The molecule has 1 amide bonds. The third-order valence-corrected chi connectivity index (χ3v) is 5.11. The second-order valence-corrected chi connectivity index (χ2v) is 8.48. The van der Waals surface area contributed by atoms with Crippen LogP contribution < -0.4 is 19.1 Å². The fraction of sp³-hybridized carbons (Fsp3) is 0.350. The van der Waals surface area contributed by atoms with Crippen LogP contribution in [0.2, 0.25) is 0 Å². The van der Waals surface area contributed by atoms with Gasteiger partial charge in [0.15, 0.2) is 0 Å². The zero-order valence-electron chi connectivity index (χ0n) is 16.7. The Morgan fingerprint density at radius 1 is 1.04 bits per heavy atom. The van der Waals surface area contributed by atoms with Crippen molar-refractivity contribution in [2.45, 2.75) is 32.9 Å². The summed E-state index contributed by atoms with van der Waals surface area (Å²) in [5.41, 5.74) is 0.871. The van der Waals surface area contributed by atoms with Crippen LogP contribution in [0.4, 0.5) is 11.4 Å². The first kappa shape index (κ1) is 21.6. The predicted octanol–water partition coefficient (Wildman–Crippen LogP) is 3.28. The van der Waals surface area contributed by atoms with Gasteiger partial charge in [0.2, 0.25) is 15.9 Å². The number of hydrogen-bond acceptors (Lipinski definition) is 5. The maximum Gasteiger partial charge on any atom is 0.247 e. The number of carbonyl (C=O) groups is 1. The van der Waals surface area contributed by atoms with Crippen LogP contribution in [-0.4, -0.2) is 39.8 Å². The Labute approximate surface area is 166 Å². The highest BCUT2D eigenvalue weighted by Crippen LogP contribution is 2.26. The quantitative estimate of drug-likeness (QED) is 0.727.